The number of hydrogen-bond acceptors (Lipinski definition) is 4. The molecule has 26 heavy (non-hydrogen) atoms. The van der Waals surface area contributed by atoms with E-state index in [1.165, 1.54) is 0 Å². The normalized spacial score (nSPS) is 18.0. The van der Waals surface area contributed by atoms with E-state index in [0.717, 1.165) is 31.6 Å². The molecule has 0 spiro atoms. The van der Waals surface area contributed by atoms with E-state index in [-0.39, 0.29) is 24.1 Å². The molecule has 2 N–H and O–H groups in total. The van der Waals surface area contributed by atoms with E-state index in [0.29, 0.717) is 19.0 Å². The molecule has 1 saturated heterocycles. The zero-order valence-corrected chi connectivity index (χ0v) is 16.4. The molecule has 1 aliphatic rings. The second-order valence-electron chi connectivity index (χ2n) is 7.71. The highest BCUT2D eigenvalue weighted by Gasteiger charge is 2.19. The molecule has 1 atom stereocenters. The summed E-state index contributed by atoms with van der Waals surface area (Å²) in [6.45, 7) is 8.26. The van der Waals surface area contributed by atoms with Crippen molar-refractivity contribution in [3.63, 3.8) is 0 Å². The van der Waals surface area contributed by atoms with Crippen molar-refractivity contribution < 1.29 is 13.9 Å². The first-order chi connectivity index (χ1) is 12.3. The fraction of sp³-hybridized carbons (Fsp3) is 0.684. The monoisotopic (exact) mass is 364 g/mol. The molecule has 0 aromatic carbocycles. The van der Waals surface area contributed by atoms with Gasteiger partial charge in [0.25, 0.3) is 0 Å². The lowest BCUT2D eigenvalue weighted by Crippen LogP contribution is -2.49. The van der Waals surface area contributed by atoms with Gasteiger partial charge in [-0.1, -0.05) is 0 Å². The van der Waals surface area contributed by atoms with Crippen molar-refractivity contribution in [2.75, 3.05) is 33.3 Å². The van der Waals surface area contributed by atoms with Gasteiger partial charge in [-0.25, -0.2) is 0 Å². The van der Waals surface area contributed by atoms with Gasteiger partial charge in [-0.2, -0.15) is 0 Å². The fourth-order valence-electron chi connectivity index (χ4n) is 2.79. The zero-order chi connectivity index (χ0) is 19.0. The van der Waals surface area contributed by atoms with E-state index >= 15 is 0 Å². The summed E-state index contributed by atoms with van der Waals surface area (Å²) in [5, 5.41) is 6.31. The van der Waals surface area contributed by atoms with Crippen LogP contribution < -0.4 is 10.6 Å². The fourth-order valence-corrected chi connectivity index (χ4v) is 2.79. The van der Waals surface area contributed by atoms with Gasteiger partial charge >= 0.3 is 0 Å². The average Bonchev–Trinajstić information content (AvgIpc) is 3.21. The molecule has 1 unspecified atom stereocenters. The van der Waals surface area contributed by atoms with Crippen LogP contribution in [0, 0.1) is 0 Å². The number of aliphatic imine (C=N–C) groups is 1. The third-order valence-electron chi connectivity index (χ3n) is 3.96. The number of hydrogen-bond donors (Lipinski definition) is 2. The molecule has 7 nitrogen and oxygen atoms in total. The number of nitrogens with zero attached hydrogens (tertiary/aromatic N) is 2. The van der Waals surface area contributed by atoms with Gasteiger partial charge in [-0.05, 0) is 45.7 Å². The predicted molar refractivity (Wildman–Crippen MR) is 102 cm³/mol. The number of likely N-dealkylation sites (N-methyl/N-ethyl adjacent to an activating group) is 1. The highest BCUT2D eigenvalue weighted by atomic mass is 16.5. The Labute approximate surface area is 156 Å². The molecule has 0 aliphatic carbocycles. The number of furan rings is 1. The molecular formula is C19H32N4O3. The second kappa shape index (κ2) is 9.62. The van der Waals surface area contributed by atoms with Crippen LogP contribution >= 0.6 is 0 Å². The summed E-state index contributed by atoms with van der Waals surface area (Å²) in [5.74, 6) is 1.60. The summed E-state index contributed by atoms with van der Waals surface area (Å²) >= 11 is 0. The molecule has 0 saturated carbocycles. The van der Waals surface area contributed by atoms with E-state index in [1.54, 1.807) is 6.26 Å². The highest BCUT2D eigenvalue weighted by molar-refractivity contribution is 5.86. The van der Waals surface area contributed by atoms with E-state index in [2.05, 4.69) is 15.6 Å². The summed E-state index contributed by atoms with van der Waals surface area (Å²) < 4.78 is 11.0. The smallest absolute Gasteiger partial charge is 0.240 e. The third kappa shape index (κ3) is 7.47. The first-order valence-electron chi connectivity index (χ1n) is 9.28. The molecule has 7 heteroatoms. The summed E-state index contributed by atoms with van der Waals surface area (Å²) in [5.41, 5.74) is -0.250. The van der Waals surface area contributed by atoms with Gasteiger partial charge in [0.05, 0.1) is 25.5 Å². The van der Waals surface area contributed by atoms with Gasteiger partial charge in [0.2, 0.25) is 5.91 Å². The van der Waals surface area contributed by atoms with E-state index in [1.807, 2.05) is 44.9 Å². The van der Waals surface area contributed by atoms with Crippen LogP contribution in [0.4, 0.5) is 0 Å². The van der Waals surface area contributed by atoms with Crippen LogP contribution in [-0.4, -0.2) is 61.7 Å². The Balaban J connectivity index is 1.91. The van der Waals surface area contributed by atoms with Crippen LogP contribution in [-0.2, 0) is 16.0 Å². The van der Waals surface area contributed by atoms with E-state index < -0.39 is 0 Å². The minimum Gasteiger partial charge on any atom is -0.469 e. The van der Waals surface area contributed by atoms with Crippen LogP contribution in [0.2, 0.25) is 0 Å². The van der Waals surface area contributed by atoms with Gasteiger partial charge in [0, 0.05) is 32.2 Å². The highest BCUT2D eigenvalue weighted by Crippen LogP contribution is 2.12. The summed E-state index contributed by atoms with van der Waals surface area (Å²) in [6.07, 6.45) is 4.73. The maximum Gasteiger partial charge on any atom is 0.240 e. The summed E-state index contributed by atoms with van der Waals surface area (Å²) in [4.78, 5) is 18.7. The number of carbonyl (C=O) groups excluding carboxylic acids is 1. The van der Waals surface area contributed by atoms with Crippen LogP contribution in [0.3, 0.4) is 0 Å². The molecule has 0 radical (unpaired) electrons. The van der Waals surface area contributed by atoms with Crippen LogP contribution in [0.15, 0.2) is 27.8 Å². The van der Waals surface area contributed by atoms with Crippen molar-refractivity contribution in [2.24, 2.45) is 4.99 Å². The lowest BCUT2D eigenvalue weighted by Gasteiger charge is -2.26. The molecule has 146 valence electrons. The standard InChI is InChI=1S/C19H32N4O3/c1-19(2,3)22-17(24)14-23(4)18(21-13-16-8-6-12-26-16)20-10-9-15-7-5-11-25-15/h5,7,11,16H,6,8-10,12-14H2,1-4H3,(H,20,21)(H,22,24). The number of ether oxygens (including phenoxy) is 1. The second-order valence-corrected chi connectivity index (χ2v) is 7.71. The maximum atomic E-state index is 12.2. The average molecular weight is 364 g/mol. The van der Waals surface area contributed by atoms with Gasteiger partial charge in [0.1, 0.15) is 5.76 Å². The number of carbonyl (C=O) groups is 1. The van der Waals surface area contributed by atoms with Crippen molar-refractivity contribution in [3.05, 3.63) is 24.2 Å². The number of amides is 1. The Morgan fingerprint density at radius 1 is 1.42 bits per heavy atom. The molecular weight excluding hydrogens is 332 g/mol. The zero-order valence-electron chi connectivity index (χ0n) is 16.4. The van der Waals surface area contributed by atoms with Gasteiger partial charge < -0.3 is 24.7 Å². The Hall–Kier alpha value is -2.02. The minimum absolute atomic E-state index is 0.0300. The molecule has 1 amide bonds. The third-order valence-corrected chi connectivity index (χ3v) is 3.96. The molecule has 2 rings (SSSR count). The Bertz CT molecular complexity index is 572. The van der Waals surface area contributed by atoms with Crippen LogP contribution in [0.25, 0.3) is 0 Å². The van der Waals surface area contributed by atoms with Crippen molar-refractivity contribution >= 4 is 11.9 Å². The molecule has 1 aromatic heterocycles. The SMILES string of the molecule is CN(CC(=O)NC(C)(C)C)C(=NCC1CCCO1)NCCc1ccco1. The molecule has 2 heterocycles. The quantitative estimate of drug-likeness (QED) is 0.570. The van der Waals surface area contributed by atoms with Gasteiger partial charge in [-0.15, -0.1) is 0 Å². The minimum atomic E-state index is -0.250. The van der Waals surface area contributed by atoms with Crippen molar-refractivity contribution in [2.45, 2.75) is 51.7 Å². The van der Waals surface area contributed by atoms with Gasteiger partial charge in [-0.3, -0.25) is 9.79 Å². The number of rotatable bonds is 7. The predicted octanol–water partition coefficient (Wildman–Crippen LogP) is 1.79. The molecule has 1 aliphatic heterocycles. The largest absolute Gasteiger partial charge is 0.469 e. The van der Waals surface area contributed by atoms with Crippen molar-refractivity contribution in [1.82, 2.24) is 15.5 Å². The van der Waals surface area contributed by atoms with E-state index in [9.17, 15) is 4.79 Å². The summed E-state index contributed by atoms with van der Waals surface area (Å²) in [6, 6.07) is 3.83. The summed E-state index contributed by atoms with van der Waals surface area (Å²) in [7, 11) is 1.87. The van der Waals surface area contributed by atoms with Crippen LogP contribution in [0.1, 0.15) is 39.4 Å². The number of nitrogens with one attached hydrogen (secondary N) is 2. The topological polar surface area (TPSA) is 79.1 Å². The van der Waals surface area contributed by atoms with Gasteiger partial charge in [0.15, 0.2) is 5.96 Å². The Morgan fingerprint density at radius 2 is 2.23 bits per heavy atom. The lowest BCUT2D eigenvalue weighted by atomic mass is 10.1. The first kappa shape index (κ1) is 20.3. The Morgan fingerprint density at radius 3 is 2.85 bits per heavy atom. The first-order valence-corrected chi connectivity index (χ1v) is 9.28. The molecule has 1 fully saturated rings. The van der Waals surface area contributed by atoms with Crippen molar-refractivity contribution in [3.8, 4) is 0 Å². The van der Waals surface area contributed by atoms with E-state index in [4.69, 9.17) is 9.15 Å². The number of guanidine groups is 1. The lowest BCUT2D eigenvalue weighted by molar-refractivity contribution is -0.122. The maximum absolute atomic E-state index is 12.2. The Kier molecular flexibility index (Phi) is 7.50. The molecule has 1 aromatic rings. The molecule has 0 bridgehead atoms. The van der Waals surface area contributed by atoms with Crippen molar-refractivity contribution in [1.29, 1.82) is 0 Å². The van der Waals surface area contributed by atoms with Crippen LogP contribution in [0.5, 0.6) is 0 Å².